The predicted octanol–water partition coefficient (Wildman–Crippen LogP) is 1.59. The highest BCUT2D eigenvalue weighted by Gasteiger charge is 2.11. The summed E-state index contributed by atoms with van der Waals surface area (Å²) in [4.78, 5) is 0. The van der Waals surface area contributed by atoms with E-state index in [-0.39, 0.29) is 6.04 Å². The van der Waals surface area contributed by atoms with E-state index in [1.54, 1.807) is 19.6 Å². The summed E-state index contributed by atoms with van der Waals surface area (Å²) in [7, 11) is 1.67. The zero-order valence-electron chi connectivity index (χ0n) is 9.36. The lowest BCUT2D eigenvalue weighted by molar-refractivity contribution is 0.0587. The number of hydrogen-bond donors (Lipinski definition) is 1. The van der Waals surface area contributed by atoms with Crippen LogP contribution in [-0.4, -0.2) is 33.5 Å². The van der Waals surface area contributed by atoms with E-state index in [1.165, 1.54) is 0 Å². The molecule has 1 heterocycles. The first-order valence-electron chi connectivity index (χ1n) is 5.20. The Kier molecular flexibility index (Phi) is 6.08. The van der Waals surface area contributed by atoms with Crippen LogP contribution in [0, 0.1) is 0 Å². The van der Waals surface area contributed by atoms with Crippen molar-refractivity contribution < 1.29 is 13.9 Å². The van der Waals surface area contributed by atoms with Crippen LogP contribution in [0.2, 0.25) is 0 Å². The van der Waals surface area contributed by atoms with Crippen molar-refractivity contribution in [1.82, 2.24) is 5.32 Å². The normalized spacial score (nSPS) is 12.9. The van der Waals surface area contributed by atoms with Gasteiger partial charge in [-0.25, -0.2) is 0 Å². The van der Waals surface area contributed by atoms with E-state index in [4.69, 9.17) is 13.9 Å². The summed E-state index contributed by atoms with van der Waals surface area (Å²) >= 11 is 0. The highest BCUT2D eigenvalue weighted by molar-refractivity contribution is 5.11. The number of ether oxygens (including phenoxy) is 2. The SMILES string of the molecule is CCNC(COCCOC)c1ccoc1. The fourth-order valence-electron chi connectivity index (χ4n) is 1.34. The summed E-state index contributed by atoms with van der Waals surface area (Å²) in [6.07, 6.45) is 3.42. The molecule has 0 aliphatic carbocycles. The Bertz CT molecular complexity index is 236. The van der Waals surface area contributed by atoms with Crippen molar-refractivity contribution in [3.05, 3.63) is 24.2 Å². The van der Waals surface area contributed by atoms with Gasteiger partial charge in [-0.3, -0.25) is 0 Å². The van der Waals surface area contributed by atoms with Crippen LogP contribution in [0.5, 0.6) is 0 Å². The van der Waals surface area contributed by atoms with E-state index in [2.05, 4.69) is 12.2 Å². The van der Waals surface area contributed by atoms with Crippen LogP contribution in [0.1, 0.15) is 18.5 Å². The summed E-state index contributed by atoms with van der Waals surface area (Å²) in [5, 5.41) is 3.34. The molecule has 0 spiro atoms. The smallest absolute Gasteiger partial charge is 0.0951 e. The first-order chi connectivity index (χ1) is 7.38. The van der Waals surface area contributed by atoms with Gasteiger partial charge in [0.25, 0.3) is 0 Å². The van der Waals surface area contributed by atoms with Crippen LogP contribution in [0.25, 0.3) is 0 Å². The molecule has 1 unspecified atom stereocenters. The molecule has 1 rings (SSSR count). The van der Waals surface area contributed by atoms with Gasteiger partial charge in [-0.2, -0.15) is 0 Å². The molecular weight excluding hydrogens is 194 g/mol. The molecule has 1 aromatic heterocycles. The van der Waals surface area contributed by atoms with Gasteiger partial charge < -0.3 is 19.2 Å². The van der Waals surface area contributed by atoms with Crippen molar-refractivity contribution in [2.24, 2.45) is 0 Å². The third-order valence-electron chi connectivity index (χ3n) is 2.11. The summed E-state index contributed by atoms with van der Waals surface area (Å²) in [5.74, 6) is 0. The largest absolute Gasteiger partial charge is 0.472 e. The van der Waals surface area contributed by atoms with Crippen LogP contribution < -0.4 is 5.32 Å². The van der Waals surface area contributed by atoms with E-state index < -0.39 is 0 Å². The predicted molar refractivity (Wildman–Crippen MR) is 57.8 cm³/mol. The van der Waals surface area contributed by atoms with E-state index in [0.717, 1.165) is 12.1 Å². The molecule has 0 saturated carbocycles. The van der Waals surface area contributed by atoms with Gasteiger partial charge in [0.15, 0.2) is 0 Å². The summed E-state index contributed by atoms with van der Waals surface area (Å²) in [6.45, 7) is 4.86. The Balaban J connectivity index is 2.31. The Morgan fingerprint density at radius 2 is 2.33 bits per heavy atom. The quantitative estimate of drug-likeness (QED) is 0.666. The number of furan rings is 1. The minimum Gasteiger partial charge on any atom is -0.472 e. The zero-order chi connectivity index (χ0) is 10.9. The Morgan fingerprint density at radius 3 is 2.93 bits per heavy atom. The fraction of sp³-hybridized carbons (Fsp3) is 0.636. The molecule has 0 fully saturated rings. The van der Waals surface area contributed by atoms with Gasteiger partial charge in [-0.05, 0) is 12.6 Å². The first kappa shape index (κ1) is 12.2. The first-order valence-corrected chi connectivity index (χ1v) is 5.20. The van der Waals surface area contributed by atoms with Gasteiger partial charge in [0.2, 0.25) is 0 Å². The molecule has 0 aliphatic rings. The Morgan fingerprint density at radius 1 is 1.47 bits per heavy atom. The second-order valence-corrected chi connectivity index (χ2v) is 3.23. The number of nitrogens with one attached hydrogen (secondary N) is 1. The minimum absolute atomic E-state index is 0.200. The fourth-order valence-corrected chi connectivity index (χ4v) is 1.34. The number of likely N-dealkylation sites (N-methyl/N-ethyl adjacent to an activating group) is 1. The molecule has 0 amide bonds. The molecule has 0 radical (unpaired) electrons. The second kappa shape index (κ2) is 7.45. The van der Waals surface area contributed by atoms with E-state index in [0.29, 0.717) is 19.8 Å². The molecule has 4 nitrogen and oxygen atoms in total. The lowest BCUT2D eigenvalue weighted by Gasteiger charge is -2.16. The number of methoxy groups -OCH3 is 1. The molecule has 4 heteroatoms. The van der Waals surface area contributed by atoms with Crippen LogP contribution >= 0.6 is 0 Å². The molecule has 86 valence electrons. The molecule has 15 heavy (non-hydrogen) atoms. The molecule has 1 N–H and O–H groups in total. The Labute approximate surface area is 90.6 Å². The molecule has 1 aromatic rings. The third-order valence-corrected chi connectivity index (χ3v) is 2.11. The summed E-state index contributed by atoms with van der Waals surface area (Å²) in [6, 6.07) is 2.15. The van der Waals surface area contributed by atoms with Crippen molar-refractivity contribution in [2.75, 3.05) is 33.5 Å². The van der Waals surface area contributed by atoms with Crippen molar-refractivity contribution in [1.29, 1.82) is 0 Å². The zero-order valence-corrected chi connectivity index (χ0v) is 9.36. The third kappa shape index (κ3) is 4.46. The topological polar surface area (TPSA) is 43.6 Å². The summed E-state index contributed by atoms with van der Waals surface area (Å²) < 4.78 is 15.4. The number of rotatable bonds is 8. The van der Waals surface area contributed by atoms with Gasteiger partial charge >= 0.3 is 0 Å². The van der Waals surface area contributed by atoms with E-state index in [1.807, 2.05) is 6.07 Å². The maximum Gasteiger partial charge on any atom is 0.0951 e. The lowest BCUT2D eigenvalue weighted by Crippen LogP contribution is -2.25. The van der Waals surface area contributed by atoms with Crippen molar-refractivity contribution in [3.8, 4) is 0 Å². The molecule has 0 bridgehead atoms. The average molecular weight is 213 g/mol. The molecule has 0 aliphatic heterocycles. The van der Waals surface area contributed by atoms with Crippen molar-refractivity contribution >= 4 is 0 Å². The lowest BCUT2D eigenvalue weighted by atomic mass is 10.1. The highest BCUT2D eigenvalue weighted by atomic mass is 16.5. The average Bonchev–Trinajstić information content (AvgIpc) is 2.76. The van der Waals surface area contributed by atoms with Crippen LogP contribution in [0.3, 0.4) is 0 Å². The standard InChI is InChI=1S/C11H19NO3/c1-3-12-11(9-15-7-6-13-2)10-4-5-14-8-10/h4-5,8,11-12H,3,6-7,9H2,1-2H3. The van der Waals surface area contributed by atoms with Gasteiger partial charge in [-0.15, -0.1) is 0 Å². The monoisotopic (exact) mass is 213 g/mol. The molecule has 0 saturated heterocycles. The Hall–Kier alpha value is -0.840. The maximum atomic E-state index is 5.48. The van der Waals surface area contributed by atoms with Crippen molar-refractivity contribution in [2.45, 2.75) is 13.0 Å². The molecule has 0 aromatic carbocycles. The highest BCUT2D eigenvalue weighted by Crippen LogP contribution is 2.13. The van der Waals surface area contributed by atoms with Crippen LogP contribution in [0.15, 0.2) is 23.0 Å². The molecule has 1 atom stereocenters. The van der Waals surface area contributed by atoms with Gasteiger partial charge in [-0.1, -0.05) is 6.92 Å². The van der Waals surface area contributed by atoms with Gasteiger partial charge in [0.05, 0.1) is 38.4 Å². The van der Waals surface area contributed by atoms with Crippen LogP contribution in [-0.2, 0) is 9.47 Å². The van der Waals surface area contributed by atoms with E-state index >= 15 is 0 Å². The van der Waals surface area contributed by atoms with E-state index in [9.17, 15) is 0 Å². The molecular formula is C11H19NO3. The maximum absolute atomic E-state index is 5.48. The van der Waals surface area contributed by atoms with Gasteiger partial charge in [0, 0.05) is 12.7 Å². The van der Waals surface area contributed by atoms with Gasteiger partial charge in [0.1, 0.15) is 0 Å². The van der Waals surface area contributed by atoms with Crippen LogP contribution in [0.4, 0.5) is 0 Å². The minimum atomic E-state index is 0.200. The second-order valence-electron chi connectivity index (χ2n) is 3.23. The number of hydrogen-bond acceptors (Lipinski definition) is 4. The summed E-state index contributed by atoms with van der Waals surface area (Å²) in [5.41, 5.74) is 1.12. The van der Waals surface area contributed by atoms with Crippen molar-refractivity contribution in [3.63, 3.8) is 0 Å².